The van der Waals surface area contributed by atoms with Gasteiger partial charge in [0.15, 0.2) is 18.1 Å². The summed E-state index contributed by atoms with van der Waals surface area (Å²) in [7, 11) is 6.09. The summed E-state index contributed by atoms with van der Waals surface area (Å²) in [5, 5.41) is 2.67. The topological polar surface area (TPSA) is 92.3 Å². The highest BCUT2D eigenvalue weighted by Gasteiger charge is 2.13. The molecular weight excluding hydrogens is 470 g/mol. The summed E-state index contributed by atoms with van der Waals surface area (Å²) in [6.07, 6.45) is 2.78. The summed E-state index contributed by atoms with van der Waals surface area (Å²) in [4.78, 5) is 24.0. The van der Waals surface area contributed by atoms with Crippen molar-refractivity contribution in [2.24, 2.45) is 0 Å². The number of carbonyl (C=O) groups excluding carboxylic acids is 2. The van der Waals surface area contributed by atoms with Gasteiger partial charge in [0.25, 0.3) is 5.91 Å². The number of ether oxygens (including phenoxy) is 5. The molecule has 2 aromatic rings. The van der Waals surface area contributed by atoms with Crippen molar-refractivity contribution < 1.29 is 33.3 Å². The second kappa shape index (κ2) is 11.8. The minimum atomic E-state index is -0.652. The number of methoxy groups -OCH3 is 4. The van der Waals surface area contributed by atoms with Gasteiger partial charge in [-0.25, -0.2) is 4.79 Å². The van der Waals surface area contributed by atoms with Crippen molar-refractivity contribution in [2.75, 3.05) is 35.0 Å². The maximum atomic E-state index is 12.1. The number of hydrogen-bond donors (Lipinski definition) is 1. The number of amides is 1. The molecule has 0 aliphatic heterocycles. The molecule has 0 radical (unpaired) electrons. The fourth-order valence-electron chi connectivity index (χ4n) is 2.65. The van der Waals surface area contributed by atoms with E-state index in [2.05, 4.69) is 21.2 Å². The molecule has 1 amide bonds. The van der Waals surface area contributed by atoms with Crippen molar-refractivity contribution in [3.63, 3.8) is 0 Å². The standard InChI is InChI=1S/C22H24BrNO7/c1-27-17-7-6-16(23)9-14(17)5-8-22(26)31-13-21(25)24-12-15-10-19(29-3)20(30-4)11-18(15)28-2/h5-11H,12-13H2,1-4H3,(H,24,25)/b8-5+. The van der Waals surface area contributed by atoms with Crippen LogP contribution in [-0.4, -0.2) is 46.9 Å². The van der Waals surface area contributed by atoms with Gasteiger partial charge in [-0.1, -0.05) is 15.9 Å². The van der Waals surface area contributed by atoms with Gasteiger partial charge < -0.3 is 29.0 Å². The first-order valence-corrected chi connectivity index (χ1v) is 9.95. The van der Waals surface area contributed by atoms with Crippen LogP contribution in [0.15, 0.2) is 40.9 Å². The number of benzene rings is 2. The minimum absolute atomic E-state index is 0.158. The van der Waals surface area contributed by atoms with E-state index in [1.165, 1.54) is 34.5 Å². The summed E-state index contributed by atoms with van der Waals surface area (Å²) in [6, 6.07) is 8.77. The van der Waals surface area contributed by atoms with Crippen LogP contribution in [0.25, 0.3) is 6.08 Å². The Morgan fingerprint density at radius 3 is 2.19 bits per heavy atom. The molecule has 0 atom stereocenters. The third kappa shape index (κ3) is 6.92. The summed E-state index contributed by atoms with van der Waals surface area (Å²) >= 11 is 3.36. The van der Waals surface area contributed by atoms with Crippen molar-refractivity contribution in [3.8, 4) is 23.0 Å². The van der Waals surface area contributed by atoms with E-state index in [4.69, 9.17) is 23.7 Å². The van der Waals surface area contributed by atoms with Crippen LogP contribution in [0.1, 0.15) is 11.1 Å². The van der Waals surface area contributed by atoms with E-state index in [0.717, 1.165) is 4.47 Å². The number of carbonyl (C=O) groups is 2. The van der Waals surface area contributed by atoms with Crippen molar-refractivity contribution in [2.45, 2.75) is 6.54 Å². The van der Waals surface area contributed by atoms with E-state index < -0.39 is 18.5 Å². The molecule has 2 aromatic carbocycles. The molecule has 8 nitrogen and oxygen atoms in total. The molecule has 0 saturated carbocycles. The van der Waals surface area contributed by atoms with Gasteiger partial charge >= 0.3 is 5.97 Å². The molecule has 1 N–H and O–H groups in total. The first-order chi connectivity index (χ1) is 14.9. The lowest BCUT2D eigenvalue weighted by molar-refractivity contribution is -0.143. The van der Waals surface area contributed by atoms with Gasteiger partial charge in [-0.05, 0) is 30.3 Å². The number of rotatable bonds is 10. The highest BCUT2D eigenvalue weighted by molar-refractivity contribution is 9.10. The summed E-state index contributed by atoms with van der Waals surface area (Å²) < 4.78 is 26.9. The average molecular weight is 494 g/mol. The van der Waals surface area contributed by atoms with E-state index in [9.17, 15) is 9.59 Å². The Morgan fingerprint density at radius 2 is 1.55 bits per heavy atom. The van der Waals surface area contributed by atoms with Crippen molar-refractivity contribution >= 4 is 33.9 Å². The Kier molecular flexibility index (Phi) is 9.20. The first kappa shape index (κ1) is 24.1. The third-order valence-corrected chi connectivity index (χ3v) is 4.69. The van der Waals surface area contributed by atoms with E-state index in [-0.39, 0.29) is 6.54 Å². The molecule has 9 heteroatoms. The fourth-order valence-corrected chi connectivity index (χ4v) is 3.03. The van der Waals surface area contributed by atoms with Gasteiger partial charge in [-0.15, -0.1) is 0 Å². The second-order valence-electron chi connectivity index (χ2n) is 6.12. The van der Waals surface area contributed by atoms with Gasteiger partial charge in [0.2, 0.25) is 0 Å². The van der Waals surface area contributed by atoms with Gasteiger partial charge in [0.1, 0.15) is 11.5 Å². The Hall–Kier alpha value is -3.20. The van der Waals surface area contributed by atoms with Crippen molar-refractivity contribution in [1.29, 1.82) is 0 Å². The summed E-state index contributed by atoms with van der Waals surface area (Å²) in [6.45, 7) is -0.264. The molecule has 0 heterocycles. The Balaban J connectivity index is 1.91. The maximum absolute atomic E-state index is 12.1. The van der Waals surface area contributed by atoms with Crippen LogP contribution >= 0.6 is 15.9 Å². The van der Waals surface area contributed by atoms with Gasteiger partial charge in [0.05, 0.1) is 28.4 Å². The highest BCUT2D eigenvalue weighted by Crippen LogP contribution is 2.34. The molecule has 0 aliphatic rings. The molecule has 2 rings (SSSR count). The summed E-state index contributed by atoms with van der Waals surface area (Å²) in [5.74, 6) is 1.04. The molecule has 0 bridgehead atoms. The zero-order valence-electron chi connectivity index (χ0n) is 17.7. The molecule has 31 heavy (non-hydrogen) atoms. The normalized spacial score (nSPS) is 10.5. The van der Waals surface area contributed by atoms with Gasteiger partial charge in [-0.3, -0.25) is 4.79 Å². The smallest absolute Gasteiger partial charge is 0.331 e. The monoisotopic (exact) mass is 493 g/mol. The zero-order valence-corrected chi connectivity index (χ0v) is 19.3. The third-order valence-electron chi connectivity index (χ3n) is 4.20. The van der Waals surface area contributed by atoms with Crippen LogP contribution < -0.4 is 24.3 Å². The van der Waals surface area contributed by atoms with Crippen molar-refractivity contribution in [3.05, 3.63) is 52.0 Å². The molecule has 166 valence electrons. The van der Waals surface area contributed by atoms with E-state index in [1.807, 2.05) is 6.07 Å². The van der Waals surface area contributed by atoms with Crippen LogP contribution in [0, 0.1) is 0 Å². The average Bonchev–Trinajstić information content (AvgIpc) is 2.79. The van der Waals surface area contributed by atoms with E-state index in [1.54, 1.807) is 30.3 Å². The number of halogens is 1. The quantitative estimate of drug-likeness (QED) is 0.400. The molecule has 0 aliphatic carbocycles. The Bertz CT molecular complexity index is 959. The van der Waals surface area contributed by atoms with Crippen molar-refractivity contribution in [1.82, 2.24) is 5.32 Å². The van der Waals surface area contributed by atoms with Crippen LogP contribution in [0.5, 0.6) is 23.0 Å². The lowest BCUT2D eigenvalue weighted by atomic mass is 10.1. The predicted molar refractivity (Wildman–Crippen MR) is 119 cm³/mol. The fraction of sp³-hybridized carbons (Fsp3) is 0.273. The molecular formula is C22H24BrNO7. The SMILES string of the molecule is COc1ccc(Br)cc1/C=C/C(=O)OCC(=O)NCc1cc(OC)c(OC)cc1OC. The molecule has 0 aromatic heterocycles. The summed E-state index contributed by atoms with van der Waals surface area (Å²) in [5.41, 5.74) is 1.38. The second-order valence-corrected chi connectivity index (χ2v) is 7.04. The van der Waals surface area contributed by atoms with E-state index >= 15 is 0 Å². The van der Waals surface area contributed by atoms with E-state index in [0.29, 0.717) is 34.1 Å². The predicted octanol–water partition coefficient (Wildman–Crippen LogP) is 3.36. The molecule has 0 unspecified atom stereocenters. The van der Waals surface area contributed by atoms with Crippen LogP contribution in [0.4, 0.5) is 0 Å². The lowest BCUT2D eigenvalue weighted by Gasteiger charge is -2.14. The highest BCUT2D eigenvalue weighted by atomic mass is 79.9. The zero-order chi connectivity index (χ0) is 22.8. The number of esters is 1. The lowest BCUT2D eigenvalue weighted by Crippen LogP contribution is -2.28. The molecule has 0 fully saturated rings. The van der Waals surface area contributed by atoms with Gasteiger partial charge in [0, 0.05) is 34.3 Å². The Labute approximate surface area is 189 Å². The molecule has 0 saturated heterocycles. The van der Waals surface area contributed by atoms with Crippen LogP contribution in [0.2, 0.25) is 0 Å². The molecule has 0 spiro atoms. The number of hydrogen-bond acceptors (Lipinski definition) is 7. The maximum Gasteiger partial charge on any atom is 0.331 e. The van der Waals surface area contributed by atoms with Gasteiger partial charge in [-0.2, -0.15) is 0 Å². The largest absolute Gasteiger partial charge is 0.496 e. The Morgan fingerprint density at radius 1 is 0.903 bits per heavy atom. The minimum Gasteiger partial charge on any atom is -0.496 e. The van der Waals surface area contributed by atoms with Crippen LogP contribution in [0.3, 0.4) is 0 Å². The number of nitrogens with one attached hydrogen (secondary N) is 1. The first-order valence-electron chi connectivity index (χ1n) is 9.15. The van der Waals surface area contributed by atoms with Crippen LogP contribution in [-0.2, 0) is 20.9 Å².